The zero-order chi connectivity index (χ0) is 21.5. The minimum Gasteiger partial charge on any atom is -0.477 e. The zero-order valence-electron chi connectivity index (χ0n) is 17.0. The van der Waals surface area contributed by atoms with Crippen molar-refractivity contribution < 1.29 is 24.5 Å². The molecule has 1 aromatic heterocycles. The number of carbonyl (C=O) groups is 2. The Morgan fingerprint density at radius 1 is 1.20 bits per heavy atom. The molecule has 1 aromatic carbocycles. The molecule has 2 atom stereocenters. The highest BCUT2D eigenvalue weighted by molar-refractivity contribution is 7.13. The Hall–Kier alpha value is -2.48. The number of hydrogen-bond acceptors (Lipinski definition) is 5. The normalized spacial score (nSPS) is 16.9. The van der Waals surface area contributed by atoms with Crippen LogP contribution in [0.2, 0.25) is 0 Å². The summed E-state index contributed by atoms with van der Waals surface area (Å²) in [6.45, 7) is 2.74. The van der Waals surface area contributed by atoms with E-state index in [1.54, 1.807) is 17.0 Å². The molecule has 1 unspecified atom stereocenters. The van der Waals surface area contributed by atoms with Crippen LogP contribution in [0, 0.1) is 0 Å². The summed E-state index contributed by atoms with van der Waals surface area (Å²) in [5.74, 6) is -1.05. The number of benzene rings is 1. The Morgan fingerprint density at radius 3 is 2.63 bits per heavy atom. The van der Waals surface area contributed by atoms with E-state index in [0.717, 1.165) is 41.8 Å². The molecule has 7 heteroatoms. The molecule has 3 rings (SSSR count). The van der Waals surface area contributed by atoms with Crippen LogP contribution in [0.25, 0.3) is 0 Å². The Bertz CT molecular complexity index is 889. The van der Waals surface area contributed by atoms with Gasteiger partial charge >= 0.3 is 5.97 Å². The van der Waals surface area contributed by atoms with Crippen molar-refractivity contribution in [1.29, 1.82) is 0 Å². The minimum absolute atomic E-state index is 0.107. The molecule has 30 heavy (non-hydrogen) atoms. The quantitative estimate of drug-likeness (QED) is 0.512. The van der Waals surface area contributed by atoms with Crippen molar-refractivity contribution in [3.63, 3.8) is 0 Å². The molecular weight excluding hydrogens is 402 g/mol. The molecule has 160 valence electrons. The molecule has 0 radical (unpaired) electrons. The van der Waals surface area contributed by atoms with Crippen LogP contribution in [-0.2, 0) is 16.1 Å². The van der Waals surface area contributed by atoms with E-state index in [-0.39, 0.29) is 16.8 Å². The number of anilines is 1. The minimum atomic E-state index is -0.944. The molecule has 1 aliphatic rings. The highest BCUT2D eigenvalue weighted by Gasteiger charge is 2.27. The first-order chi connectivity index (χ1) is 14.5. The van der Waals surface area contributed by atoms with Gasteiger partial charge in [-0.25, -0.2) is 4.79 Å². The summed E-state index contributed by atoms with van der Waals surface area (Å²) in [5.41, 5.74) is 1.61. The van der Waals surface area contributed by atoms with Crippen LogP contribution < -0.4 is 4.90 Å². The molecule has 0 spiro atoms. The number of aliphatic hydroxyl groups excluding tert-OH is 1. The first kappa shape index (κ1) is 22.2. The van der Waals surface area contributed by atoms with Gasteiger partial charge in [0, 0.05) is 16.6 Å². The molecule has 0 aliphatic carbocycles. The fraction of sp³-hybridized carbons (Fsp3) is 0.391. The fourth-order valence-electron chi connectivity index (χ4n) is 3.43. The number of aliphatic hydroxyl groups is 1. The maximum absolute atomic E-state index is 12.4. The third-order valence-corrected chi connectivity index (χ3v) is 6.12. The number of nitrogens with zero attached hydrogens (tertiary/aromatic N) is 1. The number of carboxylic acids is 1. The van der Waals surface area contributed by atoms with Crippen LogP contribution in [0.3, 0.4) is 0 Å². The predicted molar refractivity (Wildman–Crippen MR) is 117 cm³/mol. The van der Waals surface area contributed by atoms with Crippen LogP contribution in [0.4, 0.5) is 5.69 Å². The monoisotopic (exact) mass is 429 g/mol. The van der Waals surface area contributed by atoms with Gasteiger partial charge in [0.05, 0.1) is 25.4 Å². The van der Waals surface area contributed by atoms with Gasteiger partial charge in [-0.2, -0.15) is 0 Å². The molecular formula is C23H27NO5S. The van der Waals surface area contributed by atoms with E-state index in [1.807, 2.05) is 30.3 Å². The van der Waals surface area contributed by atoms with Gasteiger partial charge in [0.25, 0.3) is 5.91 Å². The standard InChI is InChI=1S/C23H27NO5S/c1-2-3-4-5-20(25)16-6-8-17(9-7-16)24-18(10-13-22(24)26)14-29-15-19-11-12-21(30-19)23(27)28/h6-13,18,20,25H,2-5,14-15H2,1H3,(H,27,28)/t18-,20?/m1/s1. The van der Waals surface area contributed by atoms with E-state index in [4.69, 9.17) is 9.84 Å². The number of ether oxygens (including phenoxy) is 1. The summed E-state index contributed by atoms with van der Waals surface area (Å²) in [5, 5.41) is 19.3. The lowest BCUT2D eigenvalue weighted by molar-refractivity contribution is -0.114. The van der Waals surface area contributed by atoms with E-state index in [0.29, 0.717) is 13.2 Å². The average Bonchev–Trinajstić information content (AvgIpc) is 3.35. The lowest BCUT2D eigenvalue weighted by atomic mass is 10.0. The second-order valence-corrected chi connectivity index (χ2v) is 8.49. The van der Waals surface area contributed by atoms with Crippen molar-refractivity contribution >= 4 is 28.9 Å². The van der Waals surface area contributed by atoms with Gasteiger partial charge in [-0.15, -0.1) is 11.3 Å². The molecule has 0 saturated carbocycles. The van der Waals surface area contributed by atoms with Gasteiger partial charge in [0.15, 0.2) is 0 Å². The van der Waals surface area contributed by atoms with Crippen LogP contribution in [0.5, 0.6) is 0 Å². The highest BCUT2D eigenvalue weighted by atomic mass is 32.1. The average molecular weight is 430 g/mol. The molecule has 0 fully saturated rings. The first-order valence-corrected chi connectivity index (χ1v) is 11.0. The number of carboxylic acid groups (broad SMARTS) is 1. The maximum atomic E-state index is 12.4. The number of hydrogen-bond donors (Lipinski definition) is 2. The number of aromatic carboxylic acids is 1. The molecule has 1 aliphatic heterocycles. The summed E-state index contributed by atoms with van der Waals surface area (Å²) in [7, 11) is 0. The number of carbonyl (C=O) groups excluding carboxylic acids is 1. The van der Waals surface area contributed by atoms with Gasteiger partial charge < -0.3 is 14.9 Å². The molecule has 0 bridgehead atoms. The van der Waals surface area contributed by atoms with Gasteiger partial charge in [0.1, 0.15) is 4.88 Å². The summed E-state index contributed by atoms with van der Waals surface area (Å²) in [6.07, 6.45) is 6.81. The lowest BCUT2D eigenvalue weighted by Gasteiger charge is -2.25. The third kappa shape index (κ3) is 5.56. The molecule has 0 saturated heterocycles. The van der Waals surface area contributed by atoms with E-state index < -0.39 is 12.1 Å². The SMILES string of the molecule is CCCCCC(O)c1ccc(N2C(=O)C=C[C@@H]2COCc2ccc(C(=O)O)s2)cc1. The van der Waals surface area contributed by atoms with E-state index in [2.05, 4.69) is 6.92 Å². The van der Waals surface area contributed by atoms with Crippen LogP contribution in [0.15, 0.2) is 48.6 Å². The van der Waals surface area contributed by atoms with E-state index in [9.17, 15) is 14.7 Å². The Morgan fingerprint density at radius 2 is 1.97 bits per heavy atom. The van der Waals surface area contributed by atoms with Crippen molar-refractivity contribution in [3.8, 4) is 0 Å². The predicted octanol–water partition coefficient (Wildman–Crippen LogP) is 4.55. The van der Waals surface area contributed by atoms with Gasteiger partial charge in [0.2, 0.25) is 0 Å². The fourth-order valence-corrected chi connectivity index (χ4v) is 4.22. The van der Waals surface area contributed by atoms with Gasteiger partial charge in [-0.3, -0.25) is 9.69 Å². The van der Waals surface area contributed by atoms with Crippen molar-refractivity contribution in [1.82, 2.24) is 0 Å². The van der Waals surface area contributed by atoms with E-state index in [1.165, 1.54) is 17.4 Å². The topological polar surface area (TPSA) is 87.1 Å². The van der Waals surface area contributed by atoms with Crippen molar-refractivity contribution in [2.24, 2.45) is 0 Å². The maximum Gasteiger partial charge on any atom is 0.345 e. The second kappa shape index (κ2) is 10.5. The second-order valence-electron chi connectivity index (χ2n) is 7.32. The highest BCUT2D eigenvalue weighted by Crippen LogP contribution is 2.27. The summed E-state index contributed by atoms with van der Waals surface area (Å²) in [4.78, 5) is 26.1. The largest absolute Gasteiger partial charge is 0.477 e. The molecule has 2 heterocycles. The number of rotatable bonds is 11. The molecule has 2 aromatic rings. The number of amides is 1. The smallest absolute Gasteiger partial charge is 0.345 e. The van der Waals surface area contributed by atoms with E-state index >= 15 is 0 Å². The van der Waals surface area contributed by atoms with Crippen molar-refractivity contribution in [3.05, 3.63) is 63.9 Å². The summed E-state index contributed by atoms with van der Waals surface area (Å²) < 4.78 is 5.75. The van der Waals surface area contributed by atoms with Gasteiger partial charge in [-0.05, 0) is 36.2 Å². The van der Waals surface area contributed by atoms with Gasteiger partial charge in [-0.1, -0.05) is 44.4 Å². The zero-order valence-corrected chi connectivity index (χ0v) is 17.8. The van der Waals surface area contributed by atoms with Crippen LogP contribution in [0.1, 0.15) is 58.8 Å². The summed E-state index contributed by atoms with van der Waals surface area (Å²) >= 11 is 1.19. The van der Waals surface area contributed by atoms with Crippen molar-refractivity contribution in [2.75, 3.05) is 11.5 Å². The first-order valence-electron chi connectivity index (χ1n) is 10.2. The Kier molecular flexibility index (Phi) is 7.79. The summed E-state index contributed by atoms with van der Waals surface area (Å²) in [6, 6.07) is 10.5. The lowest BCUT2D eigenvalue weighted by Crippen LogP contribution is -2.36. The molecule has 1 amide bonds. The number of thiophene rings is 1. The van der Waals surface area contributed by atoms with Crippen LogP contribution in [-0.4, -0.2) is 34.7 Å². The van der Waals surface area contributed by atoms with Crippen molar-refractivity contribution in [2.45, 2.75) is 51.4 Å². The molecule has 2 N–H and O–H groups in total. The van der Waals surface area contributed by atoms with Crippen LogP contribution >= 0.6 is 11.3 Å². The Balaban J connectivity index is 1.57. The number of unbranched alkanes of at least 4 members (excludes halogenated alkanes) is 2. The Labute approximate surface area is 180 Å². The third-order valence-electron chi connectivity index (χ3n) is 5.07. The molecule has 6 nitrogen and oxygen atoms in total.